The number of hydrogen-bond acceptors (Lipinski definition) is 5. The highest BCUT2D eigenvalue weighted by molar-refractivity contribution is 7.89. The molecule has 1 amide bonds. The Morgan fingerprint density at radius 2 is 1.84 bits per heavy atom. The van der Waals surface area contributed by atoms with Crippen LogP contribution in [0.15, 0.2) is 65.6 Å². The standard InChI is InChI=1S/C24H28N2O5S/c1-17-6-9-21(10-7-17)32(29,30)25-22-11-8-20(31-23(22)16-27)14-24(28)26-13-12-18-4-2-3-5-19(18)15-26/h2-11,20,22-23,25,27H,12-16H2,1H3/t20-,22-,23-/m1/s1. The van der Waals surface area contributed by atoms with Crippen molar-refractivity contribution in [2.45, 2.75) is 49.5 Å². The van der Waals surface area contributed by atoms with Gasteiger partial charge in [0.05, 0.1) is 30.1 Å². The molecule has 3 atom stereocenters. The average Bonchev–Trinajstić information content (AvgIpc) is 2.79. The van der Waals surface area contributed by atoms with Crippen molar-refractivity contribution in [3.05, 3.63) is 77.4 Å². The summed E-state index contributed by atoms with van der Waals surface area (Å²) in [6, 6.07) is 13.9. The number of ether oxygens (including phenoxy) is 1. The van der Waals surface area contributed by atoms with Gasteiger partial charge in [0.25, 0.3) is 0 Å². The lowest BCUT2D eigenvalue weighted by Crippen LogP contribution is -2.49. The van der Waals surface area contributed by atoms with Crippen LogP contribution in [0.1, 0.15) is 23.1 Å². The van der Waals surface area contributed by atoms with Gasteiger partial charge in [0.1, 0.15) is 6.10 Å². The van der Waals surface area contributed by atoms with Crippen molar-refractivity contribution < 1.29 is 23.1 Å². The molecule has 0 aromatic heterocycles. The van der Waals surface area contributed by atoms with Crippen molar-refractivity contribution in [1.29, 1.82) is 0 Å². The summed E-state index contributed by atoms with van der Waals surface area (Å²) in [5.74, 6) is -0.0236. The lowest BCUT2D eigenvalue weighted by atomic mass is 9.99. The lowest BCUT2D eigenvalue weighted by Gasteiger charge is -2.33. The van der Waals surface area contributed by atoms with Gasteiger partial charge in [0.15, 0.2) is 0 Å². The van der Waals surface area contributed by atoms with Gasteiger partial charge < -0.3 is 14.7 Å². The summed E-state index contributed by atoms with van der Waals surface area (Å²) in [6.07, 6.45) is 3.04. The molecule has 8 heteroatoms. The third-order valence-corrected chi connectivity index (χ3v) is 7.42. The summed E-state index contributed by atoms with van der Waals surface area (Å²) in [5.41, 5.74) is 3.39. The van der Waals surface area contributed by atoms with Crippen LogP contribution in [-0.4, -0.2) is 55.7 Å². The summed E-state index contributed by atoms with van der Waals surface area (Å²) in [7, 11) is -3.77. The Labute approximate surface area is 188 Å². The number of nitrogens with one attached hydrogen (secondary N) is 1. The summed E-state index contributed by atoms with van der Waals surface area (Å²) in [5, 5.41) is 9.79. The smallest absolute Gasteiger partial charge is 0.241 e. The number of aliphatic hydroxyl groups is 1. The highest BCUT2D eigenvalue weighted by Crippen LogP contribution is 2.22. The maximum Gasteiger partial charge on any atom is 0.241 e. The SMILES string of the molecule is Cc1ccc(S(=O)(=O)N[C@@H]2C=C[C@H](CC(=O)N3CCc4ccccc4C3)O[C@@H]2CO)cc1. The zero-order chi connectivity index (χ0) is 22.7. The lowest BCUT2D eigenvalue weighted by molar-refractivity contribution is -0.136. The predicted molar refractivity (Wildman–Crippen MR) is 120 cm³/mol. The number of carbonyl (C=O) groups excluding carboxylic acids is 1. The summed E-state index contributed by atoms with van der Waals surface area (Å²) < 4.78 is 33.8. The second-order valence-electron chi connectivity index (χ2n) is 8.28. The van der Waals surface area contributed by atoms with E-state index in [0.717, 1.165) is 17.5 Å². The van der Waals surface area contributed by atoms with Gasteiger partial charge in [0.2, 0.25) is 15.9 Å². The first-order valence-electron chi connectivity index (χ1n) is 10.7. The molecule has 4 rings (SSSR count). The molecule has 2 aliphatic heterocycles. The predicted octanol–water partition coefficient (Wildman–Crippen LogP) is 1.93. The first kappa shape index (κ1) is 22.7. The Morgan fingerprint density at radius 3 is 2.56 bits per heavy atom. The summed E-state index contributed by atoms with van der Waals surface area (Å²) in [6.45, 7) is 2.75. The first-order chi connectivity index (χ1) is 15.4. The van der Waals surface area contributed by atoms with E-state index in [9.17, 15) is 18.3 Å². The minimum absolute atomic E-state index is 0.0236. The van der Waals surface area contributed by atoms with E-state index < -0.39 is 28.3 Å². The molecular weight excluding hydrogens is 428 g/mol. The Hall–Kier alpha value is -2.52. The van der Waals surface area contributed by atoms with Gasteiger partial charge in [-0.05, 0) is 36.6 Å². The molecule has 2 aromatic rings. The molecule has 0 bridgehead atoms. The van der Waals surface area contributed by atoms with E-state index in [2.05, 4.69) is 10.8 Å². The van der Waals surface area contributed by atoms with Gasteiger partial charge in [-0.25, -0.2) is 13.1 Å². The van der Waals surface area contributed by atoms with Gasteiger partial charge in [-0.2, -0.15) is 0 Å². The monoisotopic (exact) mass is 456 g/mol. The van der Waals surface area contributed by atoms with Crippen LogP contribution in [0.5, 0.6) is 0 Å². The molecule has 0 unspecified atom stereocenters. The van der Waals surface area contributed by atoms with Crippen LogP contribution in [0.3, 0.4) is 0 Å². The number of carbonyl (C=O) groups is 1. The van der Waals surface area contributed by atoms with Gasteiger partial charge in [0, 0.05) is 13.1 Å². The van der Waals surface area contributed by atoms with Crippen molar-refractivity contribution in [1.82, 2.24) is 9.62 Å². The van der Waals surface area contributed by atoms with E-state index in [-0.39, 0.29) is 23.8 Å². The molecule has 0 radical (unpaired) electrons. The van der Waals surface area contributed by atoms with Crippen LogP contribution in [-0.2, 0) is 32.5 Å². The molecule has 2 aliphatic rings. The fourth-order valence-electron chi connectivity index (χ4n) is 4.08. The number of sulfonamides is 1. The maximum absolute atomic E-state index is 12.8. The first-order valence-corrected chi connectivity index (χ1v) is 12.2. The Morgan fingerprint density at radius 1 is 1.12 bits per heavy atom. The van der Waals surface area contributed by atoms with Crippen LogP contribution < -0.4 is 4.72 Å². The van der Waals surface area contributed by atoms with E-state index in [1.807, 2.05) is 30.0 Å². The molecule has 0 spiro atoms. The zero-order valence-electron chi connectivity index (χ0n) is 18.0. The molecule has 170 valence electrons. The van der Waals surface area contributed by atoms with E-state index >= 15 is 0 Å². The number of rotatable bonds is 6. The molecule has 2 N–H and O–H groups in total. The highest BCUT2D eigenvalue weighted by Gasteiger charge is 2.32. The van der Waals surface area contributed by atoms with Gasteiger partial charge in [-0.15, -0.1) is 0 Å². The number of aryl methyl sites for hydroxylation is 1. The van der Waals surface area contributed by atoms with Crippen LogP contribution in [0, 0.1) is 6.92 Å². The third kappa shape index (κ3) is 5.10. The normalized spacial score (nSPS) is 23.1. The fourth-order valence-corrected chi connectivity index (χ4v) is 5.30. The highest BCUT2D eigenvalue weighted by atomic mass is 32.2. The topological polar surface area (TPSA) is 95.9 Å². The zero-order valence-corrected chi connectivity index (χ0v) is 18.8. The van der Waals surface area contributed by atoms with Crippen molar-refractivity contribution in [2.75, 3.05) is 13.2 Å². The number of amides is 1. The third-order valence-electron chi connectivity index (χ3n) is 5.94. The molecular formula is C24H28N2O5S. The van der Waals surface area contributed by atoms with Crippen LogP contribution >= 0.6 is 0 Å². The van der Waals surface area contributed by atoms with E-state index in [0.29, 0.717) is 13.1 Å². The number of hydrogen-bond donors (Lipinski definition) is 2. The van der Waals surface area contributed by atoms with Crippen LogP contribution in [0.25, 0.3) is 0 Å². The minimum Gasteiger partial charge on any atom is -0.394 e. The van der Waals surface area contributed by atoms with E-state index in [4.69, 9.17) is 4.74 Å². The Balaban J connectivity index is 1.39. The van der Waals surface area contributed by atoms with Gasteiger partial charge >= 0.3 is 0 Å². The summed E-state index contributed by atoms with van der Waals surface area (Å²) >= 11 is 0. The van der Waals surface area contributed by atoms with E-state index in [1.165, 1.54) is 17.7 Å². The molecule has 0 aliphatic carbocycles. The van der Waals surface area contributed by atoms with Crippen molar-refractivity contribution in [2.24, 2.45) is 0 Å². The molecule has 7 nitrogen and oxygen atoms in total. The second-order valence-corrected chi connectivity index (χ2v) is 9.99. The molecule has 32 heavy (non-hydrogen) atoms. The van der Waals surface area contributed by atoms with Crippen molar-refractivity contribution >= 4 is 15.9 Å². The molecule has 2 heterocycles. The average molecular weight is 457 g/mol. The van der Waals surface area contributed by atoms with Crippen molar-refractivity contribution in [3.8, 4) is 0 Å². The molecule has 0 fully saturated rings. The number of fused-ring (bicyclic) bond motifs is 1. The van der Waals surface area contributed by atoms with Gasteiger partial charge in [-0.3, -0.25) is 4.79 Å². The Bertz CT molecular complexity index is 1100. The molecule has 0 saturated carbocycles. The van der Waals surface area contributed by atoms with Crippen LogP contribution in [0.2, 0.25) is 0 Å². The number of aliphatic hydroxyl groups excluding tert-OH is 1. The van der Waals surface area contributed by atoms with E-state index in [1.54, 1.807) is 24.3 Å². The fraction of sp³-hybridized carbons (Fsp3) is 0.375. The second kappa shape index (κ2) is 9.54. The van der Waals surface area contributed by atoms with Crippen molar-refractivity contribution in [3.63, 3.8) is 0 Å². The van der Waals surface area contributed by atoms with Gasteiger partial charge in [-0.1, -0.05) is 54.1 Å². The molecule has 2 aromatic carbocycles. The number of nitrogens with zero attached hydrogens (tertiary/aromatic N) is 1. The summed E-state index contributed by atoms with van der Waals surface area (Å²) in [4.78, 5) is 14.8. The minimum atomic E-state index is -3.77. The quantitative estimate of drug-likeness (QED) is 0.648. The number of benzene rings is 2. The largest absolute Gasteiger partial charge is 0.394 e. The van der Waals surface area contributed by atoms with Crippen LogP contribution in [0.4, 0.5) is 0 Å². The molecule has 0 saturated heterocycles. The maximum atomic E-state index is 12.8. The Kier molecular flexibility index (Phi) is 6.76.